The average Bonchev–Trinajstić information content (AvgIpc) is 2.91. The van der Waals surface area contributed by atoms with Crippen molar-refractivity contribution < 1.29 is 74.1 Å². The van der Waals surface area contributed by atoms with Crippen LogP contribution < -0.4 is 17.2 Å². The first-order valence-corrected chi connectivity index (χ1v) is 12.3. The van der Waals surface area contributed by atoms with E-state index in [1.165, 1.54) is 6.92 Å². The summed E-state index contributed by atoms with van der Waals surface area (Å²) in [7, 11) is 0. The van der Waals surface area contributed by atoms with Crippen molar-refractivity contribution in [2.45, 2.75) is 105 Å². The highest BCUT2D eigenvalue weighted by Crippen LogP contribution is 2.32. The summed E-state index contributed by atoms with van der Waals surface area (Å²) in [6, 6.07) is -4.03. The minimum absolute atomic E-state index is 0.677. The van der Waals surface area contributed by atoms with Gasteiger partial charge in [0.15, 0.2) is 25.0 Å². The van der Waals surface area contributed by atoms with E-state index in [0.717, 1.165) is 0 Å². The first-order valence-electron chi connectivity index (χ1n) is 12.3. The maximum absolute atomic E-state index is 11.4. The number of ether oxygens (including phenoxy) is 6. The molecule has 0 bridgehead atoms. The number of nitrogens with two attached hydrogens (primary N) is 3. The SMILES string of the molecule is CC(O[C@H]1C(O[C@@H]2O[C@H](CO)C(O[C@@H]3O[C@H](CO)[C@@H](O)[C@H](O)[C@H]3N)[C@H](O)[C@H]2N)[C@@H](CO)O[C@@H](O)[C@@H]1N)C(=O)O. The van der Waals surface area contributed by atoms with Crippen molar-refractivity contribution in [1.82, 2.24) is 0 Å². The number of aliphatic hydroxyl groups is 7. The minimum atomic E-state index is -1.64. The monoisotopic (exact) mass is 573 g/mol. The molecular weight excluding hydrogens is 534 g/mol. The molecule has 0 saturated carbocycles. The van der Waals surface area contributed by atoms with E-state index in [2.05, 4.69) is 0 Å². The highest BCUT2D eigenvalue weighted by molar-refractivity contribution is 5.71. The Labute approximate surface area is 222 Å². The summed E-state index contributed by atoms with van der Waals surface area (Å²) in [5, 5.41) is 79.7. The zero-order valence-electron chi connectivity index (χ0n) is 21.0. The van der Waals surface area contributed by atoms with E-state index in [9.17, 15) is 45.6 Å². The second-order valence-corrected chi connectivity index (χ2v) is 9.69. The van der Waals surface area contributed by atoms with Gasteiger partial charge in [0.05, 0.1) is 37.9 Å². The van der Waals surface area contributed by atoms with E-state index in [4.69, 9.17) is 45.6 Å². The Morgan fingerprint density at radius 1 is 0.718 bits per heavy atom. The first kappa shape index (κ1) is 32.3. The predicted molar refractivity (Wildman–Crippen MR) is 123 cm³/mol. The Morgan fingerprint density at radius 2 is 1.21 bits per heavy atom. The molecule has 0 amide bonds. The quantitative estimate of drug-likeness (QED) is 0.116. The van der Waals surface area contributed by atoms with Gasteiger partial charge in [0, 0.05) is 0 Å². The van der Waals surface area contributed by atoms with Gasteiger partial charge in [-0.15, -0.1) is 0 Å². The molecule has 14 N–H and O–H groups in total. The van der Waals surface area contributed by atoms with E-state index in [1.807, 2.05) is 0 Å². The van der Waals surface area contributed by atoms with Gasteiger partial charge in [0.1, 0.15) is 54.9 Å². The van der Waals surface area contributed by atoms with Gasteiger partial charge in [-0.1, -0.05) is 0 Å². The van der Waals surface area contributed by atoms with Crippen LogP contribution in [0.15, 0.2) is 0 Å². The molecule has 3 aliphatic rings. The summed E-state index contributed by atoms with van der Waals surface area (Å²) >= 11 is 0. The van der Waals surface area contributed by atoms with E-state index in [1.54, 1.807) is 0 Å². The summed E-state index contributed by atoms with van der Waals surface area (Å²) in [6.07, 6.45) is -18.7. The number of hydrogen-bond donors (Lipinski definition) is 11. The van der Waals surface area contributed by atoms with Crippen LogP contribution in [0.25, 0.3) is 0 Å². The van der Waals surface area contributed by atoms with Crippen molar-refractivity contribution in [2.24, 2.45) is 17.2 Å². The molecule has 0 aliphatic carbocycles. The van der Waals surface area contributed by atoms with Crippen LogP contribution in [0.2, 0.25) is 0 Å². The predicted octanol–water partition coefficient (Wildman–Crippen LogP) is -7.18. The van der Waals surface area contributed by atoms with Gasteiger partial charge in [0.2, 0.25) is 0 Å². The second-order valence-electron chi connectivity index (χ2n) is 9.69. The molecular formula is C21H39N3O15. The Kier molecular flexibility index (Phi) is 11.3. The molecule has 0 aromatic heterocycles. The van der Waals surface area contributed by atoms with Gasteiger partial charge in [-0.05, 0) is 6.92 Å². The maximum Gasteiger partial charge on any atom is 0.332 e. The van der Waals surface area contributed by atoms with Crippen LogP contribution in [0.1, 0.15) is 6.92 Å². The minimum Gasteiger partial charge on any atom is -0.479 e. The van der Waals surface area contributed by atoms with E-state index >= 15 is 0 Å². The van der Waals surface area contributed by atoms with Crippen molar-refractivity contribution in [3.8, 4) is 0 Å². The van der Waals surface area contributed by atoms with Crippen molar-refractivity contribution in [3.05, 3.63) is 0 Å². The summed E-state index contributed by atoms with van der Waals surface area (Å²) < 4.78 is 33.4. The molecule has 18 heteroatoms. The third-order valence-corrected chi connectivity index (χ3v) is 7.01. The number of carboxylic acids is 1. The zero-order chi connectivity index (χ0) is 29.2. The Morgan fingerprint density at radius 3 is 1.74 bits per heavy atom. The first-order chi connectivity index (χ1) is 18.4. The van der Waals surface area contributed by atoms with Crippen LogP contribution in [0, 0.1) is 0 Å². The van der Waals surface area contributed by atoms with Gasteiger partial charge in [-0.25, -0.2) is 4.79 Å². The molecule has 0 aromatic carbocycles. The molecule has 3 fully saturated rings. The fraction of sp³-hybridized carbons (Fsp3) is 0.952. The molecule has 3 unspecified atom stereocenters. The van der Waals surface area contributed by atoms with Gasteiger partial charge in [0.25, 0.3) is 0 Å². The third-order valence-electron chi connectivity index (χ3n) is 7.01. The molecule has 16 atom stereocenters. The molecule has 39 heavy (non-hydrogen) atoms. The second kappa shape index (κ2) is 13.7. The van der Waals surface area contributed by atoms with Crippen LogP contribution in [0.5, 0.6) is 0 Å². The average molecular weight is 574 g/mol. The van der Waals surface area contributed by atoms with E-state index < -0.39 is 124 Å². The molecule has 3 saturated heterocycles. The van der Waals surface area contributed by atoms with Crippen LogP contribution >= 0.6 is 0 Å². The van der Waals surface area contributed by atoms with Gasteiger partial charge in [-0.2, -0.15) is 0 Å². The molecule has 0 spiro atoms. The summed E-state index contributed by atoms with van der Waals surface area (Å²) in [4.78, 5) is 11.4. The fourth-order valence-corrected chi connectivity index (χ4v) is 4.63. The highest BCUT2D eigenvalue weighted by Gasteiger charge is 2.53. The molecule has 3 heterocycles. The summed E-state index contributed by atoms with van der Waals surface area (Å²) in [6.45, 7) is -0.923. The lowest BCUT2D eigenvalue weighted by Crippen LogP contribution is -2.69. The highest BCUT2D eigenvalue weighted by atomic mass is 16.7. The molecule has 18 nitrogen and oxygen atoms in total. The molecule has 0 aromatic rings. The fourth-order valence-electron chi connectivity index (χ4n) is 4.63. The molecule has 3 aliphatic heterocycles. The van der Waals surface area contributed by atoms with Gasteiger partial charge >= 0.3 is 5.97 Å². The lowest BCUT2D eigenvalue weighted by Gasteiger charge is -2.49. The van der Waals surface area contributed by atoms with Crippen LogP contribution in [0.3, 0.4) is 0 Å². The van der Waals surface area contributed by atoms with E-state index in [-0.39, 0.29) is 0 Å². The number of hydrogen-bond acceptors (Lipinski definition) is 17. The topological polar surface area (TPSA) is 312 Å². The largest absolute Gasteiger partial charge is 0.479 e. The third kappa shape index (κ3) is 6.84. The Balaban J connectivity index is 1.78. The van der Waals surface area contributed by atoms with Crippen molar-refractivity contribution in [3.63, 3.8) is 0 Å². The van der Waals surface area contributed by atoms with Gasteiger partial charge < -0.3 is 86.5 Å². The number of carbonyl (C=O) groups is 1. The normalized spacial score (nSPS) is 48.0. The smallest absolute Gasteiger partial charge is 0.332 e. The number of aliphatic hydroxyl groups excluding tert-OH is 7. The lowest BCUT2D eigenvalue weighted by atomic mass is 9.94. The standard InChI is InChI=1S/C21H39N3O15/c1-5(18(31)32)34-17-11(24)19(33)35-8(4-27)16(17)39-21-10(23)14(30)15(7(3-26)37-21)38-20-9(22)13(29)12(28)6(2-25)36-20/h5-17,19-21,25-30,33H,2-4,22-24H2,1H3,(H,31,32)/t5?,6-,7-,8-,9-,10-,11-,12-,13-,14-,15?,16?,17-,19-,20+,21+/m1/s1. The molecule has 3 rings (SSSR count). The Hall–Kier alpha value is -1.17. The zero-order valence-corrected chi connectivity index (χ0v) is 21.0. The van der Waals surface area contributed by atoms with Crippen molar-refractivity contribution in [1.29, 1.82) is 0 Å². The lowest BCUT2D eigenvalue weighted by molar-refractivity contribution is -0.350. The number of carboxylic acid groups (broad SMARTS) is 1. The van der Waals surface area contributed by atoms with Crippen LogP contribution in [-0.4, -0.2) is 165 Å². The number of aliphatic carboxylic acids is 1. The van der Waals surface area contributed by atoms with Crippen LogP contribution in [-0.2, 0) is 33.2 Å². The van der Waals surface area contributed by atoms with Crippen molar-refractivity contribution in [2.75, 3.05) is 19.8 Å². The summed E-state index contributed by atoms with van der Waals surface area (Å²) in [5.41, 5.74) is 18.0. The molecule has 228 valence electrons. The van der Waals surface area contributed by atoms with Gasteiger partial charge in [-0.3, -0.25) is 0 Å². The molecule has 0 radical (unpaired) electrons. The number of rotatable bonds is 10. The van der Waals surface area contributed by atoms with Crippen molar-refractivity contribution >= 4 is 5.97 Å². The van der Waals surface area contributed by atoms with Crippen LogP contribution in [0.4, 0.5) is 0 Å². The van der Waals surface area contributed by atoms with E-state index in [0.29, 0.717) is 0 Å². The maximum atomic E-state index is 11.4. The summed E-state index contributed by atoms with van der Waals surface area (Å²) in [5.74, 6) is -1.34. The Bertz CT molecular complexity index is 796.